The first-order valence-corrected chi connectivity index (χ1v) is 7.93. The van der Waals surface area contributed by atoms with E-state index in [0.717, 1.165) is 0 Å². The molecular weight excluding hydrogens is 312 g/mol. The molecule has 6 heteroatoms. The number of carbonyl (C=O) groups is 2. The highest BCUT2D eigenvalue weighted by molar-refractivity contribution is 8.15. The number of hydrogen-bond acceptors (Lipinski definition) is 5. The van der Waals surface area contributed by atoms with Gasteiger partial charge in [-0.3, -0.25) is 9.59 Å². The minimum Gasteiger partial charge on any atom is -0.508 e. The van der Waals surface area contributed by atoms with Crippen LogP contribution in [0.5, 0.6) is 5.75 Å². The Balaban J connectivity index is 1.68. The van der Waals surface area contributed by atoms with Crippen LogP contribution in [0.25, 0.3) is 0 Å². The molecule has 1 saturated heterocycles. The maximum atomic E-state index is 12.2. The molecule has 3 rings (SSSR count). The largest absolute Gasteiger partial charge is 0.508 e. The normalized spacial score (nSPS) is 18.9. The zero-order valence-electron chi connectivity index (χ0n) is 12.1. The number of amides is 1. The first kappa shape index (κ1) is 15.3. The molecular formula is C17H14N2O3S. The van der Waals surface area contributed by atoms with E-state index in [0.29, 0.717) is 16.4 Å². The number of nitrogens with one attached hydrogen (secondary N) is 1. The first-order chi connectivity index (χ1) is 11.1. The third kappa shape index (κ3) is 3.78. The summed E-state index contributed by atoms with van der Waals surface area (Å²) in [5.74, 6) is -0.121. The van der Waals surface area contributed by atoms with E-state index in [9.17, 15) is 14.7 Å². The first-order valence-electron chi connectivity index (χ1n) is 7.05. The fourth-order valence-corrected chi connectivity index (χ4v) is 3.13. The number of rotatable bonds is 4. The van der Waals surface area contributed by atoms with Crippen molar-refractivity contribution in [1.29, 1.82) is 0 Å². The van der Waals surface area contributed by atoms with E-state index in [1.165, 1.54) is 23.9 Å². The number of amidine groups is 1. The van der Waals surface area contributed by atoms with Crippen LogP contribution in [0.1, 0.15) is 16.8 Å². The van der Waals surface area contributed by atoms with Crippen LogP contribution in [0.2, 0.25) is 0 Å². The van der Waals surface area contributed by atoms with Crippen LogP contribution in [0.15, 0.2) is 59.6 Å². The van der Waals surface area contributed by atoms with Crippen molar-refractivity contribution in [3.05, 3.63) is 60.2 Å². The lowest BCUT2D eigenvalue weighted by atomic mass is 10.1. The number of nitrogens with zero attached hydrogens (tertiary/aromatic N) is 1. The molecule has 116 valence electrons. The van der Waals surface area contributed by atoms with E-state index in [2.05, 4.69) is 10.3 Å². The second-order valence-corrected chi connectivity index (χ2v) is 6.21. The number of carbonyl (C=O) groups excluding carboxylic acids is 2. The predicted octanol–water partition coefficient (Wildman–Crippen LogP) is 2.88. The Morgan fingerprint density at radius 3 is 2.52 bits per heavy atom. The van der Waals surface area contributed by atoms with Crippen molar-refractivity contribution < 1.29 is 14.7 Å². The van der Waals surface area contributed by atoms with E-state index in [1.54, 1.807) is 36.4 Å². The van der Waals surface area contributed by atoms with Gasteiger partial charge in [0.2, 0.25) is 5.91 Å². The summed E-state index contributed by atoms with van der Waals surface area (Å²) in [6, 6.07) is 15.3. The number of aromatic hydroxyl groups is 1. The van der Waals surface area contributed by atoms with E-state index < -0.39 is 5.25 Å². The maximum Gasteiger partial charge on any atom is 0.240 e. The van der Waals surface area contributed by atoms with Crippen LogP contribution < -0.4 is 5.32 Å². The van der Waals surface area contributed by atoms with Crippen LogP contribution in [-0.2, 0) is 4.79 Å². The van der Waals surface area contributed by atoms with Gasteiger partial charge >= 0.3 is 0 Å². The average Bonchev–Trinajstić information content (AvgIpc) is 2.90. The predicted molar refractivity (Wildman–Crippen MR) is 90.1 cm³/mol. The van der Waals surface area contributed by atoms with Gasteiger partial charge in [0.25, 0.3) is 0 Å². The average molecular weight is 326 g/mol. The molecule has 1 aliphatic rings. The zero-order chi connectivity index (χ0) is 16.2. The van der Waals surface area contributed by atoms with Gasteiger partial charge in [-0.15, -0.1) is 0 Å². The number of benzene rings is 2. The molecule has 0 bridgehead atoms. The lowest BCUT2D eigenvalue weighted by molar-refractivity contribution is -0.118. The summed E-state index contributed by atoms with van der Waals surface area (Å²) in [6.07, 6.45) is 0.134. The molecule has 1 heterocycles. The summed E-state index contributed by atoms with van der Waals surface area (Å²) < 4.78 is 0. The van der Waals surface area contributed by atoms with Crippen molar-refractivity contribution in [1.82, 2.24) is 5.32 Å². The Labute approximate surface area is 137 Å². The smallest absolute Gasteiger partial charge is 0.240 e. The van der Waals surface area contributed by atoms with Crippen molar-refractivity contribution in [3.63, 3.8) is 0 Å². The molecule has 2 aromatic carbocycles. The number of aliphatic imine (C=N–C) groups is 1. The second kappa shape index (κ2) is 6.66. The highest BCUT2D eigenvalue weighted by Crippen LogP contribution is 2.26. The van der Waals surface area contributed by atoms with Crippen LogP contribution in [0.3, 0.4) is 0 Å². The Morgan fingerprint density at radius 2 is 1.83 bits per heavy atom. The molecule has 1 aliphatic heterocycles. The van der Waals surface area contributed by atoms with E-state index >= 15 is 0 Å². The lowest BCUT2D eigenvalue weighted by Gasteiger charge is -2.04. The Bertz CT molecular complexity index is 757. The Hall–Kier alpha value is -2.60. The molecule has 0 spiro atoms. The van der Waals surface area contributed by atoms with E-state index in [4.69, 9.17) is 0 Å². The van der Waals surface area contributed by atoms with Crippen LogP contribution in [0.4, 0.5) is 5.69 Å². The van der Waals surface area contributed by atoms with Crippen molar-refractivity contribution in [2.24, 2.45) is 4.99 Å². The summed E-state index contributed by atoms with van der Waals surface area (Å²) in [5.41, 5.74) is 1.23. The molecule has 1 atom stereocenters. The summed E-state index contributed by atoms with van der Waals surface area (Å²) in [4.78, 5) is 28.5. The van der Waals surface area contributed by atoms with Gasteiger partial charge in [-0.25, -0.2) is 4.99 Å². The quantitative estimate of drug-likeness (QED) is 0.847. The number of phenolic OH excluding ortho intramolecular Hbond substituents is 1. The minimum absolute atomic E-state index is 0.0656. The molecule has 0 unspecified atom stereocenters. The highest BCUT2D eigenvalue weighted by atomic mass is 32.2. The molecule has 2 N–H and O–H groups in total. The Morgan fingerprint density at radius 1 is 1.13 bits per heavy atom. The van der Waals surface area contributed by atoms with Crippen molar-refractivity contribution in [2.45, 2.75) is 11.7 Å². The highest BCUT2D eigenvalue weighted by Gasteiger charge is 2.32. The van der Waals surface area contributed by atoms with Crippen molar-refractivity contribution >= 4 is 34.3 Å². The second-order valence-electron chi connectivity index (χ2n) is 5.02. The summed E-state index contributed by atoms with van der Waals surface area (Å²) in [6.45, 7) is 0. The van der Waals surface area contributed by atoms with E-state index in [1.807, 2.05) is 6.07 Å². The summed E-state index contributed by atoms with van der Waals surface area (Å²) in [5, 5.41) is 11.9. The van der Waals surface area contributed by atoms with E-state index in [-0.39, 0.29) is 23.9 Å². The molecule has 0 radical (unpaired) electrons. The van der Waals surface area contributed by atoms with Gasteiger partial charge in [0.1, 0.15) is 5.75 Å². The minimum atomic E-state index is -0.474. The van der Waals surface area contributed by atoms with Crippen LogP contribution >= 0.6 is 11.8 Å². The summed E-state index contributed by atoms with van der Waals surface area (Å²) >= 11 is 1.25. The molecule has 1 amide bonds. The van der Waals surface area contributed by atoms with Gasteiger partial charge in [0.15, 0.2) is 11.0 Å². The monoisotopic (exact) mass is 326 g/mol. The number of thioether (sulfide) groups is 1. The molecule has 2 aromatic rings. The van der Waals surface area contributed by atoms with Gasteiger partial charge in [0.05, 0.1) is 10.9 Å². The van der Waals surface area contributed by atoms with Gasteiger partial charge in [-0.05, 0) is 24.3 Å². The molecule has 0 saturated carbocycles. The number of hydrogen-bond donors (Lipinski definition) is 2. The number of ketones is 1. The number of Topliss-reactive ketones (excluding diaryl/α,β-unsaturated/α-hetero) is 1. The zero-order valence-corrected chi connectivity index (χ0v) is 12.9. The molecule has 23 heavy (non-hydrogen) atoms. The standard InChI is InChI=1S/C17H14N2O3S/c20-13-8-6-12(7-9-13)18-17-19-16(22)15(23-17)10-14(21)11-4-2-1-3-5-11/h1-9,15,20H,10H2,(H,18,19,22)/t15-/m0/s1. The molecule has 0 aliphatic carbocycles. The third-order valence-electron chi connectivity index (χ3n) is 3.32. The molecule has 1 fully saturated rings. The van der Waals surface area contributed by atoms with Gasteiger partial charge in [-0.2, -0.15) is 0 Å². The molecule has 0 aromatic heterocycles. The van der Waals surface area contributed by atoms with Crippen molar-refractivity contribution in [2.75, 3.05) is 0 Å². The van der Waals surface area contributed by atoms with Crippen LogP contribution in [0, 0.1) is 0 Å². The van der Waals surface area contributed by atoms with Gasteiger partial charge < -0.3 is 10.4 Å². The maximum absolute atomic E-state index is 12.2. The van der Waals surface area contributed by atoms with Crippen LogP contribution in [-0.4, -0.2) is 27.2 Å². The number of phenols is 1. The Kier molecular flexibility index (Phi) is 4.43. The topological polar surface area (TPSA) is 78.8 Å². The SMILES string of the molecule is O=C(C[C@@H]1SC(=Nc2ccc(O)cc2)NC1=O)c1ccccc1. The fraction of sp³-hybridized carbons (Fsp3) is 0.118. The van der Waals surface area contributed by atoms with Crippen molar-refractivity contribution in [3.8, 4) is 5.75 Å². The lowest BCUT2D eigenvalue weighted by Crippen LogP contribution is -2.26. The van der Waals surface area contributed by atoms with Gasteiger partial charge in [-0.1, -0.05) is 42.1 Å². The summed E-state index contributed by atoms with van der Waals surface area (Å²) in [7, 11) is 0. The van der Waals surface area contributed by atoms with Gasteiger partial charge in [0, 0.05) is 12.0 Å². The fourth-order valence-electron chi connectivity index (χ4n) is 2.15. The third-order valence-corrected chi connectivity index (χ3v) is 4.41. The molecule has 5 nitrogen and oxygen atoms in total.